The van der Waals surface area contributed by atoms with Crippen molar-refractivity contribution < 1.29 is 14.0 Å². The Hall–Kier alpha value is -2.53. The Bertz CT molecular complexity index is 829. The second-order valence-electron chi connectivity index (χ2n) is 7.30. The van der Waals surface area contributed by atoms with Crippen LogP contribution >= 0.6 is 0 Å². The first-order valence-corrected chi connectivity index (χ1v) is 9.87. The highest BCUT2D eigenvalue weighted by atomic mass is 19.1. The maximum Gasteiger partial charge on any atom is 0.223 e. The molecule has 0 saturated carbocycles. The molecule has 1 aliphatic rings. The van der Waals surface area contributed by atoms with Gasteiger partial charge in [0, 0.05) is 51.1 Å². The van der Waals surface area contributed by atoms with E-state index in [2.05, 4.69) is 4.90 Å². The van der Waals surface area contributed by atoms with E-state index in [1.54, 1.807) is 6.07 Å². The Labute approximate surface area is 166 Å². The highest BCUT2D eigenvalue weighted by Gasteiger charge is 2.22. The van der Waals surface area contributed by atoms with Gasteiger partial charge in [0.15, 0.2) is 5.78 Å². The number of carbonyl (C=O) groups is 2. The zero-order valence-corrected chi connectivity index (χ0v) is 16.4. The number of rotatable bonds is 7. The molecule has 2 aromatic carbocycles. The van der Waals surface area contributed by atoms with Crippen molar-refractivity contribution in [3.63, 3.8) is 0 Å². The molecule has 1 aliphatic heterocycles. The predicted molar refractivity (Wildman–Crippen MR) is 108 cm³/mol. The molecule has 3 rings (SSSR count). The van der Waals surface area contributed by atoms with E-state index in [1.807, 2.05) is 48.2 Å². The lowest BCUT2D eigenvalue weighted by Gasteiger charge is -2.34. The van der Waals surface area contributed by atoms with Crippen LogP contribution in [-0.4, -0.2) is 54.2 Å². The molecule has 28 heavy (non-hydrogen) atoms. The summed E-state index contributed by atoms with van der Waals surface area (Å²) in [6.07, 6.45) is 1.17. The van der Waals surface area contributed by atoms with Crippen LogP contribution in [0.25, 0.3) is 0 Å². The third kappa shape index (κ3) is 5.26. The highest BCUT2D eigenvalue weighted by molar-refractivity contribution is 5.99. The third-order valence-electron chi connectivity index (χ3n) is 5.39. The van der Waals surface area contributed by atoms with Crippen molar-refractivity contribution in [1.29, 1.82) is 0 Å². The molecule has 0 aliphatic carbocycles. The molecule has 0 bridgehead atoms. The summed E-state index contributed by atoms with van der Waals surface area (Å²) in [6, 6.07) is 14.3. The maximum atomic E-state index is 13.7. The topological polar surface area (TPSA) is 40.6 Å². The van der Waals surface area contributed by atoms with Crippen molar-refractivity contribution in [3.05, 3.63) is 71.0 Å². The molecular formula is C23H27FN2O2. The number of nitrogens with zero attached hydrogens (tertiary/aromatic N) is 2. The minimum Gasteiger partial charge on any atom is -0.340 e. The van der Waals surface area contributed by atoms with E-state index in [4.69, 9.17) is 0 Å². The summed E-state index contributed by atoms with van der Waals surface area (Å²) in [5.41, 5.74) is 2.38. The summed E-state index contributed by atoms with van der Waals surface area (Å²) in [5, 5.41) is 0. The third-order valence-corrected chi connectivity index (χ3v) is 5.39. The van der Waals surface area contributed by atoms with Crippen LogP contribution in [0.3, 0.4) is 0 Å². The first-order chi connectivity index (χ1) is 13.5. The Kier molecular flexibility index (Phi) is 6.93. The molecule has 0 N–H and O–H groups in total. The molecule has 2 aromatic rings. The average molecular weight is 382 g/mol. The van der Waals surface area contributed by atoms with Gasteiger partial charge in [-0.15, -0.1) is 0 Å². The molecular weight excluding hydrogens is 355 g/mol. The van der Waals surface area contributed by atoms with Crippen LogP contribution in [0.2, 0.25) is 0 Å². The van der Waals surface area contributed by atoms with Crippen LogP contribution in [0, 0.1) is 12.7 Å². The molecule has 0 radical (unpaired) electrons. The minimum atomic E-state index is -0.158. The summed E-state index contributed by atoms with van der Waals surface area (Å²) >= 11 is 0. The normalized spacial score (nSPS) is 14.9. The Morgan fingerprint density at radius 3 is 2.32 bits per heavy atom. The van der Waals surface area contributed by atoms with Crippen molar-refractivity contribution >= 4 is 11.7 Å². The fourth-order valence-corrected chi connectivity index (χ4v) is 3.60. The first kappa shape index (κ1) is 20.2. The quantitative estimate of drug-likeness (QED) is 0.689. The van der Waals surface area contributed by atoms with Crippen LogP contribution in [0.4, 0.5) is 4.39 Å². The molecule has 5 heteroatoms. The number of hydrogen-bond donors (Lipinski definition) is 0. The summed E-state index contributed by atoms with van der Waals surface area (Å²) in [4.78, 5) is 28.9. The van der Waals surface area contributed by atoms with E-state index >= 15 is 0 Å². The number of hydrogen-bond acceptors (Lipinski definition) is 3. The van der Waals surface area contributed by atoms with Crippen molar-refractivity contribution in [2.24, 2.45) is 0 Å². The van der Waals surface area contributed by atoms with E-state index in [0.717, 1.165) is 30.8 Å². The lowest BCUT2D eigenvalue weighted by Crippen LogP contribution is -2.49. The number of amides is 1. The van der Waals surface area contributed by atoms with Crippen molar-refractivity contribution in [2.75, 3.05) is 32.7 Å². The van der Waals surface area contributed by atoms with Gasteiger partial charge in [0.2, 0.25) is 5.91 Å². The molecule has 0 spiro atoms. The largest absolute Gasteiger partial charge is 0.340 e. The Morgan fingerprint density at radius 1 is 0.929 bits per heavy atom. The monoisotopic (exact) mass is 382 g/mol. The molecule has 0 atom stereocenters. The molecule has 1 fully saturated rings. The Balaban J connectivity index is 1.41. The number of carbonyl (C=O) groups excluding carboxylic acids is 2. The summed E-state index contributed by atoms with van der Waals surface area (Å²) in [5.74, 6) is -0.0969. The number of benzene rings is 2. The Morgan fingerprint density at radius 2 is 1.61 bits per heavy atom. The van der Waals surface area contributed by atoms with Crippen LogP contribution < -0.4 is 0 Å². The summed E-state index contributed by atoms with van der Waals surface area (Å²) in [6.45, 7) is 5.59. The molecule has 4 nitrogen and oxygen atoms in total. The van der Waals surface area contributed by atoms with Gasteiger partial charge in [-0.2, -0.15) is 0 Å². The smallest absolute Gasteiger partial charge is 0.223 e. The molecule has 1 heterocycles. The summed E-state index contributed by atoms with van der Waals surface area (Å²) in [7, 11) is 0. The average Bonchev–Trinajstić information content (AvgIpc) is 2.72. The fourth-order valence-electron chi connectivity index (χ4n) is 3.60. The second-order valence-corrected chi connectivity index (χ2v) is 7.30. The van der Waals surface area contributed by atoms with E-state index in [1.165, 1.54) is 6.07 Å². The fraction of sp³-hybridized carbons (Fsp3) is 0.391. The predicted octanol–water partition coefficient (Wildman–Crippen LogP) is 3.48. The molecule has 148 valence electrons. The zero-order chi connectivity index (χ0) is 19.9. The number of aryl methyl sites for hydroxylation is 1. The second kappa shape index (κ2) is 9.60. The lowest BCUT2D eigenvalue weighted by molar-refractivity contribution is -0.132. The molecule has 1 amide bonds. The number of Topliss-reactive ketones (excluding diaryl/α,β-unsaturated/α-hetero) is 1. The molecule has 1 saturated heterocycles. The van der Waals surface area contributed by atoms with Gasteiger partial charge in [-0.3, -0.25) is 14.5 Å². The van der Waals surface area contributed by atoms with Crippen LogP contribution in [0.5, 0.6) is 0 Å². The highest BCUT2D eigenvalue weighted by Crippen LogP contribution is 2.13. The number of piperazine rings is 1. The standard InChI is InChI=1S/C23H27FN2O2/c1-18-6-2-4-8-20(18)22(27)10-11-23(28)26-16-14-25(15-17-26)13-12-19-7-3-5-9-21(19)24/h2-9H,10-17H2,1H3. The molecule has 0 unspecified atom stereocenters. The number of ketones is 1. The maximum absolute atomic E-state index is 13.7. The van der Waals surface area contributed by atoms with E-state index in [0.29, 0.717) is 25.1 Å². The van der Waals surface area contributed by atoms with Gasteiger partial charge in [-0.05, 0) is 30.5 Å². The van der Waals surface area contributed by atoms with Gasteiger partial charge in [0.05, 0.1) is 0 Å². The van der Waals surface area contributed by atoms with Crippen LogP contribution in [0.1, 0.15) is 34.3 Å². The van der Waals surface area contributed by atoms with Gasteiger partial charge < -0.3 is 4.90 Å². The lowest BCUT2D eigenvalue weighted by atomic mass is 10.0. The minimum absolute atomic E-state index is 0.0231. The zero-order valence-electron chi connectivity index (χ0n) is 16.4. The first-order valence-electron chi connectivity index (χ1n) is 9.87. The molecule has 0 aromatic heterocycles. The van der Waals surface area contributed by atoms with Crippen molar-refractivity contribution in [2.45, 2.75) is 26.2 Å². The van der Waals surface area contributed by atoms with Crippen LogP contribution in [-0.2, 0) is 11.2 Å². The van der Waals surface area contributed by atoms with Gasteiger partial charge in [-0.25, -0.2) is 4.39 Å². The van der Waals surface area contributed by atoms with Gasteiger partial charge in [0.25, 0.3) is 0 Å². The van der Waals surface area contributed by atoms with Crippen LogP contribution in [0.15, 0.2) is 48.5 Å². The van der Waals surface area contributed by atoms with Crippen molar-refractivity contribution in [3.8, 4) is 0 Å². The van der Waals surface area contributed by atoms with Gasteiger partial charge in [-0.1, -0.05) is 42.5 Å². The van der Waals surface area contributed by atoms with E-state index in [9.17, 15) is 14.0 Å². The van der Waals surface area contributed by atoms with Crippen molar-refractivity contribution in [1.82, 2.24) is 9.80 Å². The van der Waals surface area contributed by atoms with E-state index < -0.39 is 0 Å². The van der Waals surface area contributed by atoms with Gasteiger partial charge in [0.1, 0.15) is 5.82 Å². The number of halogens is 1. The summed E-state index contributed by atoms with van der Waals surface area (Å²) < 4.78 is 13.7. The van der Waals surface area contributed by atoms with Gasteiger partial charge >= 0.3 is 0 Å². The SMILES string of the molecule is Cc1ccccc1C(=O)CCC(=O)N1CCN(CCc2ccccc2F)CC1. The van der Waals surface area contributed by atoms with E-state index in [-0.39, 0.29) is 30.3 Å².